The fraction of sp³-hybridized carbons (Fsp3) is 0.222. The molecule has 25 heavy (non-hydrogen) atoms. The number of amides is 1. The van der Waals surface area contributed by atoms with Gasteiger partial charge in [-0.1, -0.05) is 0 Å². The van der Waals surface area contributed by atoms with E-state index in [1.807, 2.05) is 24.4 Å². The molecule has 3 aromatic rings. The molecule has 1 amide bonds. The van der Waals surface area contributed by atoms with Crippen molar-refractivity contribution in [2.45, 2.75) is 20.3 Å². The fourth-order valence-electron chi connectivity index (χ4n) is 2.34. The van der Waals surface area contributed by atoms with Gasteiger partial charge in [0.1, 0.15) is 10.6 Å². The summed E-state index contributed by atoms with van der Waals surface area (Å²) in [5.74, 6) is -0.367. The standard InChI is InChI=1S/C18H18N4O2S/c1-11-9-15(17(24)21-12(11)2)16(23)20-8-5-14-10-25-18(22-14)13-3-6-19-7-4-13/h3-4,6-7,9-10H,5,8H2,1-2H3,(H,20,23)(H,21,24). The highest BCUT2D eigenvalue weighted by Crippen LogP contribution is 2.22. The SMILES string of the molecule is Cc1cc(C(=O)NCCc2csc(-c3ccncc3)n2)c(=O)[nH]c1C. The van der Waals surface area contributed by atoms with Crippen LogP contribution in [0.15, 0.2) is 40.8 Å². The first kappa shape index (κ1) is 17.0. The molecule has 0 aliphatic heterocycles. The average molecular weight is 354 g/mol. The summed E-state index contributed by atoms with van der Waals surface area (Å²) in [7, 11) is 0. The molecule has 0 fully saturated rings. The van der Waals surface area contributed by atoms with E-state index in [1.54, 1.807) is 36.7 Å². The van der Waals surface area contributed by atoms with Gasteiger partial charge in [0.25, 0.3) is 11.5 Å². The molecule has 0 aromatic carbocycles. The minimum Gasteiger partial charge on any atom is -0.351 e. The lowest BCUT2D eigenvalue weighted by atomic mass is 10.1. The predicted molar refractivity (Wildman–Crippen MR) is 97.9 cm³/mol. The Hall–Kier alpha value is -2.80. The van der Waals surface area contributed by atoms with E-state index in [9.17, 15) is 9.59 Å². The van der Waals surface area contributed by atoms with Crippen molar-refractivity contribution in [2.24, 2.45) is 0 Å². The molecule has 0 unspecified atom stereocenters. The second kappa shape index (κ2) is 7.40. The fourth-order valence-corrected chi connectivity index (χ4v) is 3.20. The second-order valence-corrected chi connectivity index (χ2v) is 6.56. The van der Waals surface area contributed by atoms with Gasteiger partial charge in [-0.2, -0.15) is 0 Å². The largest absolute Gasteiger partial charge is 0.351 e. The monoisotopic (exact) mass is 354 g/mol. The highest BCUT2D eigenvalue weighted by atomic mass is 32.1. The highest BCUT2D eigenvalue weighted by molar-refractivity contribution is 7.13. The zero-order chi connectivity index (χ0) is 17.8. The summed E-state index contributed by atoms with van der Waals surface area (Å²) in [6.07, 6.45) is 4.07. The smallest absolute Gasteiger partial charge is 0.261 e. The van der Waals surface area contributed by atoms with Gasteiger partial charge in [-0.3, -0.25) is 14.6 Å². The van der Waals surface area contributed by atoms with Crippen LogP contribution in [0, 0.1) is 13.8 Å². The zero-order valence-corrected chi connectivity index (χ0v) is 14.8. The molecular formula is C18H18N4O2S. The lowest BCUT2D eigenvalue weighted by Crippen LogP contribution is -2.31. The molecular weight excluding hydrogens is 336 g/mol. The number of rotatable bonds is 5. The third-order valence-corrected chi connectivity index (χ3v) is 4.83. The first-order valence-corrected chi connectivity index (χ1v) is 8.76. The molecule has 0 aliphatic rings. The summed E-state index contributed by atoms with van der Waals surface area (Å²) in [6.45, 7) is 4.09. The molecule has 0 spiro atoms. The van der Waals surface area contributed by atoms with Crippen molar-refractivity contribution >= 4 is 17.2 Å². The van der Waals surface area contributed by atoms with Crippen LogP contribution in [0.5, 0.6) is 0 Å². The minimum atomic E-state index is -0.367. The Kier molecular flexibility index (Phi) is 5.04. The summed E-state index contributed by atoms with van der Waals surface area (Å²) in [5.41, 5.74) is 3.36. The number of hydrogen-bond acceptors (Lipinski definition) is 5. The van der Waals surface area contributed by atoms with E-state index in [0.29, 0.717) is 13.0 Å². The molecule has 0 saturated heterocycles. The van der Waals surface area contributed by atoms with E-state index < -0.39 is 0 Å². The first-order valence-electron chi connectivity index (χ1n) is 7.88. The number of nitrogens with zero attached hydrogens (tertiary/aromatic N) is 2. The molecule has 2 N–H and O–H groups in total. The molecule has 3 heterocycles. The molecule has 0 radical (unpaired) electrons. The number of aromatic amines is 1. The Morgan fingerprint density at radius 3 is 2.80 bits per heavy atom. The van der Waals surface area contributed by atoms with E-state index in [2.05, 4.69) is 20.3 Å². The number of carbonyl (C=O) groups excluding carboxylic acids is 1. The van der Waals surface area contributed by atoms with E-state index in [1.165, 1.54) is 0 Å². The molecule has 3 rings (SSSR count). The van der Waals surface area contributed by atoms with Crippen LogP contribution in [0.4, 0.5) is 0 Å². The normalized spacial score (nSPS) is 10.6. The van der Waals surface area contributed by atoms with Gasteiger partial charge < -0.3 is 10.3 Å². The molecule has 7 heteroatoms. The lowest BCUT2D eigenvalue weighted by Gasteiger charge is -2.06. The van der Waals surface area contributed by atoms with Gasteiger partial charge in [0, 0.05) is 42.0 Å². The third-order valence-electron chi connectivity index (χ3n) is 3.89. The maximum atomic E-state index is 12.2. The number of carbonyl (C=O) groups is 1. The topological polar surface area (TPSA) is 87.7 Å². The van der Waals surface area contributed by atoms with Crippen LogP contribution in [0.1, 0.15) is 27.3 Å². The van der Waals surface area contributed by atoms with Crippen LogP contribution >= 0.6 is 11.3 Å². The van der Waals surface area contributed by atoms with Crippen molar-refractivity contribution in [3.63, 3.8) is 0 Å². The number of nitrogens with one attached hydrogen (secondary N) is 2. The molecule has 3 aromatic heterocycles. The van der Waals surface area contributed by atoms with Crippen LogP contribution < -0.4 is 10.9 Å². The number of pyridine rings is 2. The van der Waals surface area contributed by atoms with Gasteiger partial charge in [-0.05, 0) is 37.6 Å². The summed E-state index contributed by atoms with van der Waals surface area (Å²) in [4.78, 5) is 35.3. The Morgan fingerprint density at radius 2 is 2.04 bits per heavy atom. The van der Waals surface area contributed by atoms with Gasteiger partial charge in [0.05, 0.1) is 5.69 Å². The highest BCUT2D eigenvalue weighted by Gasteiger charge is 2.12. The quantitative estimate of drug-likeness (QED) is 0.737. The summed E-state index contributed by atoms with van der Waals surface area (Å²) < 4.78 is 0. The Labute approximate surface area is 149 Å². The second-order valence-electron chi connectivity index (χ2n) is 5.71. The van der Waals surface area contributed by atoms with Gasteiger partial charge in [-0.15, -0.1) is 11.3 Å². The minimum absolute atomic E-state index is 0.138. The van der Waals surface area contributed by atoms with Crippen molar-refractivity contribution in [3.8, 4) is 10.6 Å². The number of aryl methyl sites for hydroxylation is 2. The Bertz CT molecular complexity index is 947. The third kappa shape index (κ3) is 4.00. The van der Waals surface area contributed by atoms with Gasteiger partial charge >= 0.3 is 0 Å². The summed E-state index contributed by atoms with van der Waals surface area (Å²) in [6, 6.07) is 5.45. The predicted octanol–water partition coefficient (Wildman–Crippen LogP) is 2.48. The van der Waals surface area contributed by atoms with E-state index >= 15 is 0 Å². The Balaban J connectivity index is 1.60. The molecule has 0 bridgehead atoms. The lowest BCUT2D eigenvalue weighted by molar-refractivity contribution is 0.0952. The summed E-state index contributed by atoms with van der Waals surface area (Å²) >= 11 is 1.56. The van der Waals surface area contributed by atoms with Crippen LogP contribution in [0.3, 0.4) is 0 Å². The maximum Gasteiger partial charge on any atom is 0.261 e. The van der Waals surface area contributed by atoms with Crippen LogP contribution in [0.2, 0.25) is 0 Å². The van der Waals surface area contributed by atoms with E-state index in [0.717, 1.165) is 27.5 Å². The molecule has 0 atom stereocenters. The van der Waals surface area contributed by atoms with Crippen molar-refractivity contribution in [1.82, 2.24) is 20.3 Å². The van der Waals surface area contributed by atoms with Crippen molar-refractivity contribution in [1.29, 1.82) is 0 Å². The van der Waals surface area contributed by atoms with Crippen LogP contribution in [0.25, 0.3) is 10.6 Å². The van der Waals surface area contributed by atoms with E-state index in [-0.39, 0.29) is 17.0 Å². The zero-order valence-electron chi connectivity index (χ0n) is 14.0. The molecule has 128 valence electrons. The van der Waals surface area contributed by atoms with Crippen LogP contribution in [-0.4, -0.2) is 27.4 Å². The molecule has 6 nitrogen and oxygen atoms in total. The van der Waals surface area contributed by atoms with Crippen molar-refractivity contribution in [3.05, 3.63) is 68.8 Å². The van der Waals surface area contributed by atoms with Gasteiger partial charge in [0.2, 0.25) is 0 Å². The van der Waals surface area contributed by atoms with Gasteiger partial charge in [-0.25, -0.2) is 4.98 Å². The van der Waals surface area contributed by atoms with E-state index in [4.69, 9.17) is 0 Å². The van der Waals surface area contributed by atoms with Gasteiger partial charge in [0.15, 0.2) is 0 Å². The van der Waals surface area contributed by atoms with Crippen molar-refractivity contribution < 1.29 is 4.79 Å². The maximum absolute atomic E-state index is 12.2. The Morgan fingerprint density at radius 1 is 1.28 bits per heavy atom. The number of H-pyrrole nitrogens is 1. The summed E-state index contributed by atoms with van der Waals surface area (Å²) in [5, 5.41) is 5.68. The molecule has 0 aliphatic carbocycles. The first-order chi connectivity index (χ1) is 12.0. The number of aromatic nitrogens is 3. The average Bonchev–Trinajstić information content (AvgIpc) is 3.08. The van der Waals surface area contributed by atoms with Crippen LogP contribution in [-0.2, 0) is 6.42 Å². The molecule has 0 saturated carbocycles. The van der Waals surface area contributed by atoms with Crippen molar-refractivity contribution in [2.75, 3.05) is 6.54 Å². The number of thiazole rings is 1. The number of hydrogen-bond donors (Lipinski definition) is 2.